The molecular formula is C16H17ClO7. The number of alkyl halides is 1. The predicted octanol–water partition coefficient (Wildman–Crippen LogP) is 1.63. The van der Waals surface area contributed by atoms with Gasteiger partial charge in [0.25, 0.3) is 0 Å². The molecule has 1 aromatic carbocycles. The minimum atomic E-state index is -1.61. The van der Waals surface area contributed by atoms with Crippen LogP contribution in [0, 0.1) is 0 Å². The Labute approximate surface area is 143 Å². The molecular weight excluding hydrogens is 340 g/mol. The van der Waals surface area contributed by atoms with E-state index in [0.29, 0.717) is 0 Å². The Bertz CT molecular complexity index is 629. The van der Waals surface area contributed by atoms with Crippen LogP contribution in [0.4, 0.5) is 0 Å². The maximum Gasteiger partial charge on any atom is 0.339 e. The summed E-state index contributed by atoms with van der Waals surface area (Å²) in [6.45, 7) is 2.61. The van der Waals surface area contributed by atoms with Crippen molar-refractivity contribution in [3.8, 4) is 0 Å². The summed E-state index contributed by atoms with van der Waals surface area (Å²) in [5, 5.41) is 19.3. The molecule has 1 unspecified atom stereocenters. The van der Waals surface area contributed by atoms with Crippen molar-refractivity contribution in [3.63, 3.8) is 0 Å². The second-order valence-electron chi connectivity index (χ2n) is 4.91. The number of halogens is 1. The average Bonchev–Trinajstić information content (AvgIpc) is 2.59. The van der Waals surface area contributed by atoms with Crippen molar-refractivity contribution in [2.75, 3.05) is 19.1 Å². The van der Waals surface area contributed by atoms with Crippen LogP contribution in [0.3, 0.4) is 0 Å². The van der Waals surface area contributed by atoms with Gasteiger partial charge < -0.3 is 19.7 Å². The molecule has 1 rings (SSSR count). The number of ether oxygens (including phenoxy) is 2. The fourth-order valence-electron chi connectivity index (χ4n) is 1.70. The van der Waals surface area contributed by atoms with E-state index in [0.717, 1.165) is 6.08 Å². The van der Waals surface area contributed by atoms with E-state index in [9.17, 15) is 19.5 Å². The molecule has 0 spiro atoms. The van der Waals surface area contributed by atoms with E-state index in [2.05, 4.69) is 6.58 Å². The van der Waals surface area contributed by atoms with Gasteiger partial charge >= 0.3 is 17.9 Å². The highest BCUT2D eigenvalue weighted by Crippen LogP contribution is 2.16. The van der Waals surface area contributed by atoms with Crippen LogP contribution in [-0.4, -0.2) is 52.8 Å². The highest BCUT2D eigenvalue weighted by Gasteiger charge is 2.29. The van der Waals surface area contributed by atoms with Crippen LogP contribution in [0.25, 0.3) is 0 Å². The van der Waals surface area contributed by atoms with E-state index in [1.165, 1.54) is 24.3 Å². The molecule has 0 heterocycles. The molecule has 0 aliphatic heterocycles. The summed E-state index contributed by atoms with van der Waals surface area (Å²) in [7, 11) is 0. The minimum absolute atomic E-state index is 0.0655. The first-order chi connectivity index (χ1) is 11.3. The fourth-order valence-corrected chi connectivity index (χ4v) is 1.91. The van der Waals surface area contributed by atoms with Crippen molar-refractivity contribution in [3.05, 3.63) is 48.0 Å². The van der Waals surface area contributed by atoms with Crippen LogP contribution in [0.15, 0.2) is 36.9 Å². The minimum Gasteiger partial charge on any atom is -0.478 e. The number of carboxylic acids is 1. The van der Waals surface area contributed by atoms with Crippen molar-refractivity contribution in [1.82, 2.24) is 0 Å². The second-order valence-corrected chi connectivity index (χ2v) is 5.17. The van der Waals surface area contributed by atoms with Crippen molar-refractivity contribution < 1.29 is 34.1 Å². The normalized spacial score (nSPS) is 12.8. The zero-order valence-corrected chi connectivity index (χ0v) is 13.5. The van der Waals surface area contributed by atoms with Gasteiger partial charge in [0.2, 0.25) is 0 Å². The van der Waals surface area contributed by atoms with Crippen molar-refractivity contribution in [2.45, 2.75) is 12.0 Å². The Morgan fingerprint density at radius 3 is 2.38 bits per heavy atom. The molecule has 8 heteroatoms. The highest BCUT2D eigenvalue weighted by molar-refractivity contribution is 6.18. The largest absolute Gasteiger partial charge is 0.478 e. The van der Waals surface area contributed by atoms with E-state index >= 15 is 0 Å². The average molecular weight is 357 g/mol. The summed E-state index contributed by atoms with van der Waals surface area (Å²) in [4.78, 5) is 34.0. The third-order valence-corrected chi connectivity index (χ3v) is 3.57. The molecule has 0 aliphatic carbocycles. The summed E-state index contributed by atoms with van der Waals surface area (Å²) in [5.74, 6) is -3.10. The number of carbonyl (C=O) groups excluding carboxylic acids is 2. The summed E-state index contributed by atoms with van der Waals surface area (Å²) in [6.07, 6.45) is 0.909. The van der Waals surface area contributed by atoms with Gasteiger partial charge in [0.05, 0.1) is 23.6 Å². The molecule has 0 aliphatic rings. The molecule has 0 radical (unpaired) electrons. The lowest BCUT2D eigenvalue weighted by Gasteiger charge is -2.25. The zero-order valence-electron chi connectivity index (χ0n) is 12.7. The molecule has 1 atom stereocenters. The summed E-state index contributed by atoms with van der Waals surface area (Å²) in [6, 6.07) is 5.54. The van der Waals surface area contributed by atoms with Gasteiger partial charge in [-0.1, -0.05) is 18.7 Å². The number of hydrogen-bond acceptors (Lipinski definition) is 6. The van der Waals surface area contributed by atoms with Crippen LogP contribution in [-0.2, 0) is 14.3 Å². The summed E-state index contributed by atoms with van der Waals surface area (Å²) in [5.41, 5.74) is -1.96. The number of aromatic carboxylic acids is 1. The number of benzene rings is 1. The smallest absolute Gasteiger partial charge is 0.339 e. The van der Waals surface area contributed by atoms with Gasteiger partial charge in [-0.15, -0.1) is 11.6 Å². The number of esters is 2. The van der Waals surface area contributed by atoms with Crippen molar-refractivity contribution >= 4 is 29.5 Å². The van der Waals surface area contributed by atoms with Crippen LogP contribution in [0.5, 0.6) is 0 Å². The highest BCUT2D eigenvalue weighted by atomic mass is 35.5. The molecule has 1 aromatic rings. The zero-order chi connectivity index (χ0) is 18.2. The first-order valence-electron chi connectivity index (χ1n) is 6.90. The van der Waals surface area contributed by atoms with Crippen molar-refractivity contribution in [1.29, 1.82) is 0 Å². The Morgan fingerprint density at radius 1 is 1.21 bits per heavy atom. The number of carbonyl (C=O) groups is 3. The molecule has 7 nitrogen and oxygen atoms in total. The number of hydrogen-bond donors (Lipinski definition) is 2. The molecule has 0 amide bonds. The lowest BCUT2D eigenvalue weighted by molar-refractivity contribution is -0.139. The maximum atomic E-state index is 12.0. The monoisotopic (exact) mass is 356 g/mol. The lowest BCUT2D eigenvalue weighted by atomic mass is 10.0. The van der Waals surface area contributed by atoms with E-state index in [1.54, 1.807) is 0 Å². The van der Waals surface area contributed by atoms with Gasteiger partial charge in [0, 0.05) is 12.5 Å². The SMILES string of the molecule is C=CC(=O)OCCC(O)(CCl)COC(=O)c1ccccc1C(=O)O. The Kier molecular flexibility index (Phi) is 7.41. The number of aliphatic hydroxyl groups is 1. The van der Waals surface area contributed by atoms with Crippen LogP contribution in [0.2, 0.25) is 0 Å². The van der Waals surface area contributed by atoms with E-state index in [-0.39, 0.29) is 30.0 Å². The van der Waals surface area contributed by atoms with Crippen LogP contribution < -0.4 is 0 Å². The Balaban J connectivity index is 2.68. The van der Waals surface area contributed by atoms with E-state index < -0.39 is 30.1 Å². The van der Waals surface area contributed by atoms with Gasteiger partial charge in [-0.3, -0.25) is 0 Å². The quantitative estimate of drug-likeness (QED) is 0.393. The molecule has 0 fully saturated rings. The standard InChI is InChI=1S/C16H17ClO7/c1-2-13(18)23-8-7-16(22,9-17)10-24-15(21)12-6-4-3-5-11(12)14(19)20/h2-6,22H,1,7-10H2,(H,19,20). The van der Waals surface area contributed by atoms with E-state index in [1.807, 2.05) is 0 Å². The Morgan fingerprint density at radius 2 is 1.83 bits per heavy atom. The van der Waals surface area contributed by atoms with Gasteiger partial charge in [-0.05, 0) is 12.1 Å². The summed E-state index contributed by atoms with van der Waals surface area (Å²) >= 11 is 5.67. The van der Waals surface area contributed by atoms with Crippen LogP contribution >= 0.6 is 11.6 Å². The number of carboxylic acid groups (broad SMARTS) is 1. The maximum absolute atomic E-state index is 12.0. The van der Waals surface area contributed by atoms with Gasteiger partial charge in [-0.25, -0.2) is 14.4 Å². The molecule has 2 N–H and O–H groups in total. The van der Waals surface area contributed by atoms with Gasteiger partial charge in [-0.2, -0.15) is 0 Å². The molecule has 0 saturated heterocycles. The summed E-state index contributed by atoms with van der Waals surface area (Å²) < 4.78 is 9.70. The first kappa shape index (κ1) is 19.7. The van der Waals surface area contributed by atoms with Gasteiger partial charge in [0.1, 0.15) is 12.2 Å². The second kappa shape index (κ2) is 9.05. The topological polar surface area (TPSA) is 110 Å². The van der Waals surface area contributed by atoms with Gasteiger partial charge in [0.15, 0.2) is 0 Å². The lowest BCUT2D eigenvalue weighted by Crippen LogP contribution is -2.39. The molecule has 0 saturated carbocycles. The Hall–Kier alpha value is -2.38. The van der Waals surface area contributed by atoms with E-state index in [4.69, 9.17) is 26.2 Å². The molecule has 130 valence electrons. The fraction of sp³-hybridized carbons (Fsp3) is 0.312. The molecule has 0 aromatic heterocycles. The van der Waals surface area contributed by atoms with Crippen molar-refractivity contribution in [2.24, 2.45) is 0 Å². The molecule has 24 heavy (non-hydrogen) atoms. The molecule has 0 bridgehead atoms. The number of rotatable bonds is 9. The third kappa shape index (κ3) is 5.68. The predicted molar refractivity (Wildman–Crippen MR) is 85.1 cm³/mol. The third-order valence-electron chi connectivity index (χ3n) is 3.08. The van der Waals surface area contributed by atoms with Crippen LogP contribution in [0.1, 0.15) is 27.1 Å². The first-order valence-corrected chi connectivity index (χ1v) is 7.43.